The van der Waals surface area contributed by atoms with Gasteiger partial charge in [-0.05, 0) is 52.7 Å². The summed E-state index contributed by atoms with van der Waals surface area (Å²) in [5.74, 6) is 0.919. The van der Waals surface area contributed by atoms with E-state index in [1.54, 1.807) is 0 Å². The van der Waals surface area contributed by atoms with E-state index in [4.69, 9.17) is 4.74 Å². The number of benzene rings is 1. The lowest BCUT2D eigenvalue weighted by atomic mass is 10.2. The van der Waals surface area contributed by atoms with Crippen LogP contribution in [-0.2, 0) is 4.74 Å². The van der Waals surface area contributed by atoms with Crippen molar-refractivity contribution >= 4 is 35.6 Å². The normalized spacial score (nSPS) is 17.3. The van der Waals surface area contributed by atoms with Gasteiger partial charge in [-0.3, -0.25) is 4.99 Å². The number of ether oxygens (including phenoxy) is 1. The molecule has 1 aromatic rings. The predicted molar refractivity (Wildman–Crippen MR) is 122 cm³/mol. The first-order valence-electron chi connectivity index (χ1n) is 9.56. The number of rotatable bonds is 8. The first-order chi connectivity index (χ1) is 12.1. The summed E-state index contributed by atoms with van der Waals surface area (Å²) in [5.41, 5.74) is 2.61. The number of guanidine groups is 1. The predicted octanol–water partition coefficient (Wildman–Crippen LogP) is 3.56. The second kappa shape index (κ2) is 12.4. The van der Waals surface area contributed by atoms with Crippen molar-refractivity contribution in [2.24, 2.45) is 4.99 Å². The van der Waals surface area contributed by atoms with Crippen molar-refractivity contribution in [2.75, 3.05) is 37.7 Å². The van der Waals surface area contributed by atoms with Gasteiger partial charge in [0.15, 0.2) is 5.96 Å². The molecule has 1 atom stereocenters. The molecule has 2 N–H and O–H groups in total. The highest BCUT2D eigenvalue weighted by Gasteiger charge is 2.23. The summed E-state index contributed by atoms with van der Waals surface area (Å²) in [6.07, 6.45) is 2.38. The molecule has 5 nitrogen and oxygen atoms in total. The number of anilines is 1. The van der Waals surface area contributed by atoms with Crippen LogP contribution in [0.25, 0.3) is 0 Å². The number of hydrogen-bond acceptors (Lipinski definition) is 3. The van der Waals surface area contributed by atoms with Gasteiger partial charge in [0.25, 0.3) is 0 Å². The van der Waals surface area contributed by atoms with Crippen molar-refractivity contribution in [1.82, 2.24) is 10.6 Å². The largest absolute Gasteiger partial charge is 0.379 e. The zero-order chi connectivity index (χ0) is 18.1. The third kappa shape index (κ3) is 8.12. The molecule has 0 saturated carbocycles. The second-order valence-electron chi connectivity index (χ2n) is 6.95. The fourth-order valence-electron chi connectivity index (χ4n) is 2.96. The Bertz CT molecular complexity index is 533. The number of halogens is 1. The second-order valence-corrected chi connectivity index (χ2v) is 6.95. The Morgan fingerprint density at radius 2 is 2.04 bits per heavy atom. The van der Waals surface area contributed by atoms with Gasteiger partial charge in [0, 0.05) is 44.5 Å². The molecular formula is C20H35IN4O. The Morgan fingerprint density at radius 3 is 2.69 bits per heavy atom. The van der Waals surface area contributed by atoms with Gasteiger partial charge in [-0.25, -0.2) is 0 Å². The topological polar surface area (TPSA) is 48.9 Å². The summed E-state index contributed by atoms with van der Waals surface area (Å²) in [4.78, 5) is 7.12. The van der Waals surface area contributed by atoms with Crippen molar-refractivity contribution in [1.29, 1.82) is 0 Å². The van der Waals surface area contributed by atoms with E-state index in [1.807, 2.05) is 0 Å². The smallest absolute Gasteiger partial charge is 0.191 e. The van der Waals surface area contributed by atoms with Crippen LogP contribution in [0.15, 0.2) is 29.3 Å². The Morgan fingerprint density at radius 1 is 1.31 bits per heavy atom. The van der Waals surface area contributed by atoms with Crippen LogP contribution in [0.2, 0.25) is 0 Å². The third-order valence-electron chi connectivity index (χ3n) is 4.30. The van der Waals surface area contributed by atoms with Crippen LogP contribution in [0.3, 0.4) is 0 Å². The van der Waals surface area contributed by atoms with E-state index in [0.717, 1.165) is 51.6 Å². The lowest BCUT2D eigenvalue weighted by Gasteiger charge is -2.20. The van der Waals surface area contributed by atoms with Crippen molar-refractivity contribution in [3.8, 4) is 0 Å². The van der Waals surface area contributed by atoms with Crippen LogP contribution in [0, 0.1) is 6.92 Å². The molecule has 0 amide bonds. The lowest BCUT2D eigenvalue weighted by molar-refractivity contribution is 0.0782. The molecule has 6 heteroatoms. The number of aryl methyl sites for hydroxylation is 1. The van der Waals surface area contributed by atoms with Crippen molar-refractivity contribution < 1.29 is 4.74 Å². The maximum atomic E-state index is 5.57. The van der Waals surface area contributed by atoms with Gasteiger partial charge in [0.05, 0.1) is 6.10 Å². The molecule has 1 fully saturated rings. The molecule has 1 unspecified atom stereocenters. The first-order valence-corrected chi connectivity index (χ1v) is 9.56. The molecule has 1 aliphatic rings. The van der Waals surface area contributed by atoms with Crippen molar-refractivity contribution in [3.05, 3.63) is 29.8 Å². The number of aliphatic imine (C=N–C) groups is 1. The average Bonchev–Trinajstić information content (AvgIpc) is 3.03. The summed E-state index contributed by atoms with van der Waals surface area (Å²) in [5, 5.41) is 6.93. The Hall–Kier alpha value is -1.02. The summed E-state index contributed by atoms with van der Waals surface area (Å²) < 4.78 is 5.57. The van der Waals surface area contributed by atoms with E-state index in [-0.39, 0.29) is 24.0 Å². The molecule has 1 aliphatic heterocycles. The van der Waals surface area contributed by atoms with E-state index in [0.29, 0.717) is 12.1 Å². The maximum Gasteiger partial charge on any atom is 0.191 e. The van der Waals surface area contributed by atoms with Crippen LogP contribution >= 0.6 is 24.0 Å². The molecule has 0 radical (unpaired) electrons. The highest BCUT2D eigenvalue weighted by Crippen LogP contribution is 2.20. The van der Waals surface area contributed by atoms with Crippen LogP contribution in [0.1, 0.15) is 39.2 Å². The standard InChI is InChI=1S/C20H34N4O.HI/c1-5-21-20(22-12-6-14-25-16(2)3)23-18-11-13-24(15-18)19-9-7-17(4)8-10-19;/h7-10,16,18H,5-6,11-15H2,1-4H3,(H2,21,22,23);1H. The van der Waals surface area contributed by atoms with Gasteiger partial charge < -0.3 is 20.3 Å². The van der Waals surface area contributed by atoms with Crippen molar-refractivity contribution in [3.63, 3.8) is 0 Å². The SMILES string of the molecule is CCNC(=NCCCOC(C)C)NC1CCN(c2ccc(C)cc2)C1.I. The average molecular weight is 474 g/mol. The minimum Gasteiger partial charge on any atom is -0.379 e. The zero-order valence-corrected chi connectivity index (χ0v) is 19.0. The molecule has 0 aliphatic carbocycles. The molecule has 1 heterocycles. The molecule has 0 spiro atoms. The van der Waals surface area contributed by atoms with Gasteiger partial charge >= 0.3 is 0 Å². The summed E-state index contributed by atoms with van der Waals surface area (Å²) in [6, 6.07) is 9.23. The van der Waals surface area contributed by atoms with E-state index < -0.39 is 0 Å². The number of hydrogen-bond donors (Lipinski definition) is 2. The maximum absolute atomic E-state index is 5.57. The van der Waals surface area contributed by atoms with Crippen LogP contribution in [0.4, 0.5) is 5.69 Å². The monoisotopic (exact) mass is 474 g/mol. The minimum absolute atomic E-state index is 0. The molecule has 0 aromatic heterocycles. The number of nitrogens with zero attached hydrogens (tertiary/aromatic N) is 2. The van der Waals surface area contributed by atoms with Crippen LogP contribution in [-0.4, -0.2) is 50.9 Å². The Labute approximate surface area is 176 Å². The van der Waals surface area contributed by atoms with E-state index in [9.17, 15) is 0 Å². The van der Waals surface area contributed by atoms with Crippen molar-refractivity contribution in [2.45, 2.75) is 52.7 Å². The molecule has 2 rings (SSSR count). The van der Waals surface area contributed by atoms with E-state index in [1.165, 1.54) is 11.3 Å². The fraction of sp³-hybridized carbons (Fsp3) is 0.650. The molecule has 26 heavy (non-hydrogen) atoms. The highest BCUT2D eigenvalue weighted by molar-refractivity contribution is 14.0. The fourth-order valence-corrected chi connectivity index (χ4v) is 2.96. The quantitative estimate of drug-likeness (QED) is 0.262. The molecule has 148 valence electrons. The highest BCUT2D eigenvalue weighted by atomic mass is 127. The molecule has 0 bridgehead atoms. The minimum atomic E-state index is 0. The Kier molecular flexibility index (Phi) is 11.0. The number of nitrogens with one attached hydrogen (secondary N) is 2. The Balaban J connectivity index is 0.00000338. The molecule has 1 saturated heterocycles. The summed E-state index contributed by atoms with van der Waals surface area (Å²) in [6.45, 7) is 12.9. The van der Waals surface area contributed by atoms with E-state index >= 15 is 0 Å². The lowest BCUT2D eigenvalue weighted by Crippen LogP contribution is -2.44. The van der Waals surface area contributed by atoms with Crippen LogP contribution < -0.4 is 15.5 Å². The van der Waals surface area contributed by atoms with Gasteiger partial charge in [-0.15, -0.1) is 24.0 Å². The summed E-state index contributed by atoms with van der Waals surface area (Å²) >= 11 is 0. The van der Waals surface area contributed by atoms with Crippen LogP contribution in [0.5, 0.6) is 0 Å². The van der Waals surface area contributed by atoms with Gasteiger partial charge in [0.2, 0.25) is 0 Å². The molecular weight excluding hydrogens is 439 g/mol. The van der Waals surface area contributed by atoms with Gasteiger partial charge in [-0.1, -0.05) is 17.7 Å². The molecule has 1 aromatic carbocycles. The first kappa shape index (κ1) is 23.0. The van der Waals surface area contributed by atoms with E-state index in [2.05, 4.69) is 72.5 Å². The van der Waals surface area contributed by atoms with Gasteiger partial charge in [0.1, 0.15) is 0 Å². The third-order valence-corrected chi connectivity index (χ3v) is 4.30. The zero-order valence-electron chi connectivity index (χ0n) is 16.6. The summed E-state index contributed by atoms with van der Waals surface area (Å²) in [7, 11) is 0. The van der Waals surface area contributed by atoms with Gasteiger partial charge in [-0.2, -0.15) is 0 Å².